The summed E-state index contributed by atoms with van der Waals surface area (Å²) in [6, 6.07) is 0. The Kier molecular flexibility index (Phi) is 3.88. The lowest BCUT2D eigenvalue weighted by Crippen LogP contribution is -2.66. The summed E-state index contributed by atoms with van der Waals surface area (Å²) in [5, 5.41) is 0. The Morgan fingerprint density at radius 3 is 1.83 bits per heavy atom. The molecule has 1 aliphatic rings. The van der Waals surface area contributed by atoms with Gasteiger partial charge in [0.25, 0.3) is 5.60 Å². The summed E-state index contributed by atoms with van der Waals surface area (Å²) in [6.45, 7) is 0. The van der Waals surface area contributed by atoms with Crippen LogP contribution in [0.1, 0.15) is 6.42 Å². The first-order valence-electron chi connectivity index (χ1n) is 4.65. The van der Waals surface area contributed by atoms with Crippen molar-refractivity contribution in [2.24, 2.45) is 0 Å². The van der Waals surface area contributed by atoms with E-state index in [4.69, 9.17) is 0 Å². The predicted molar refractivity (Wildman–Crippen MR) is 49.5 cm³/mol. The van der Waals surface area contributed by atoms with Crippen molar-refractivity contribution in [1.29, 1.82) is 0 Å². The van der Waals surface area contributed by atoms with Crippen LogP contribution in [0.15, 0.2) is 11.8 Å². The lowest BCUT2D eigenvalue weighted by atomic mass is 9.98. The van der Waals surface area contributed by atoms with Crippen LogP contribution in [-0.4, -0.2) is 41.0 Å². The third-order valence-corrected chi connectivity index (χ3v) is 4.94. The van der Waals surface area contributed by atoms with E-state index in [0.29, 0.717) is 0 Å². The minimum Gasteiger partial charge on any atom is -0.374 e. The maximum atomic E-state index is 12.7. The molecule has 0 aromatic carbocycles. The van der Waals surface area contributed by atoms with E-state index in [0.717, 1.165) is 26.0 Å². The minimum absolute atomic E-state index is 0.726. The van der Waals surface area contributed by atoms with Crippen molar-refractivity contribution >= 4 is 8.80 Å². The minimum atomic E-state index is -5.62. The van der Waals surface area contributed by atoms with Crippen LogP contribution >= 0.6 is 0 Å². The molecule has 0 saturated heterocycles. The number of alkyl halides is 6. The van der Waals surface area contributed by atoms with Crippen LogP contribution in [0, 0.1) is 0 Å². The van der Waals surface area contributed by atoms with Crippen LogP contribution in [0.4, 0.5) is 26.3 Å². The molecule has 0 aliphatic carbocycles. The molecule has 0 atom stereocenters. The lowest BCUT2D eigenvalue weighted by molar-refractivity contribution is -0.366. The van der Waals surface area contributed by atoms with E-state index in [1.54, 1.807) is 0 Å². The number of halogens is 6. The molecule has 0 aromatic rings. The predicted octanol–water partition coefficient (Wildman–Crippen LogP) is 2.60. The molecule has 0 unspecified atom stereocenters. The summed E-state index contributed by atoms with van der Waals surface area (Å²) in [7, 11) is -2.24. The molecule has 0 saturated carbocycles. The molecule has 3 nitrogen and oxygen atoms in total. The van der Waals surface area contributed by atoms with Gasteiger partial charge in [0.1, 0.15) is 0 Å². The topological polar surface area (TPSA) is 27.7 Å². The van der Waals surface area contributed by atoms with Gasteiger partial charge in [-0.05, 0) is 5.70 Å². The first kappa shape index (κ1) is 15.5. The van der Waals surface area contributed by atoms with Gasteiger partial charge in [0.05, 0.1) is 0 Å². The lowest BCUT2D eigenvalue weighted by Gasteiger charge is -2.43. The molecule has 0 N–H and O–H groups in total. The van der Waals surface area contributed by atoms with Crippen molar-refractivity contribution in [3.05, 3.63) is 11.8 Å². The quantitative estimate of drug-likeness (QED) is 0.579. The molecule has 0 amide bonds. The van der Waals surface area contributed by atoms with E-state index in [2.05, 4.69) is 13.3 Å². The Balaban J connectivity index is 3.29. The Morgan fingerprint density at radius 1 is 1.06 bits per heavy atom. The second kappa shape index (κ2) is 4.51. The van der Waals surface area contributed by atoms with Crippen molar-refractivity contribution in [1.82, 2.24) is 0 Å². The Morgan fingerprint density at radius 2 is 1.50 bits per heavy atom. The van der Waals surface area contributed by atoms with Gasteiger partial charge in [-0.25, -0.2) is 0 Å². The second-order valence-electron chi connectivity index (χ2n) is 3.54. The Hall–Kier alpha value is -0.583. The largest absolute Gasteiger partial charge is 0.529 e. The molecule has 0 radical (unpaired) electrons. The molecule has 18 heavy (non-hydrogen) atoms. The second-order valence-corrected chi connectivity index (χ2v) is 6.10. The standard InChI is InChI=1S/C8H10F6O3Si/c1-15-18(16-2)5-3-4-6(17-18,7(9,10)11)8(12,13)14/h3,5H,4H2,1-2H3. The highest BCUT2D eigenvalue weighted by molar-refractivity contribution is 6.66. The maximum absolute atomic E-state index is 12.7. The van der Waals surface area contributed by atoms with Crippen LogP contribution < -0.4 is 0 Å². The average molecular weight is 296 g/mol. The van der Waals surface area contributed by atoms with Gasteiger partial charge < -0.3 is 13.3 Å². The number of hydrogen-bond acceptors (Lipinski definition) is 3. The molecule has 0 aromatic heterocycles. The zero-order chi connectivity index (χ0) is 14.2. The highest BCUT2D eigenvalue weighted by Crippen LogP contribution is 2.51. The molecule has 1 heterocycles. The molecule has 0 fully saturated rings. The van der Waals surface area contributed by atoms with Crippen molar-refractivity contribution in [2.75, 3.05) is 14.2 Å². The fourth-order valence-electron chi connectivity index (χ4n) is 1.50. The summed E-state index contributed by atoms with van der Waals surface area (Å²) in [6.07, 6.45) is -11.9. The maximum Gasteiger partial charge on any atom is 0.529 e. The first-order valence-corrected chi connectivity index (χ1v) is 6.45. The average Bonchev–Trinajstić information content (AvgIpc) is 2.26. The molecule has 0 spiro atoms. The van der Waals surface area contributed by atoms with Gasteiger partial charge in [-0.3, -0.25) is 0 Å². The molecular weight excluding hydrogens is 286 g/mol. The zero-order valence-corrected chi connectivity index (χ0v) is 10.4. The molecule has 10 heteroatoms. The summed E-state index contributed by atoms with van der Waals surface area (Å²) in [5.74, 6) is 0. The number of rotatable bonds is 2. The van der Waals surface area contributed by atoms with Gasteiger partial charge >= 0.3 is 21.2 Å². The van der Waals surface area contributed by atoms with Crippen LogP contribution in [0.3, 0.4) is 0 Å². The van der Waals surface area contributed by atoms with Crippen molar-refractivity contribution in [3.8, 4) is 0 Å². The summed E-state index contributed by atoms with van der Waals surface area (Å²) in [4.78, 5) is 0. The van der Waals surface area contributed by atoms with E-state index in [-0.39, 0.29) is 0 Å². The Labute approximate surface area is 99.7 Å². The highest BCUT2D eigenvalue weighted by atomic mass is 28.4. The third kappa shape index (κ3) is 2.29. The van der Waals surface area contributed by atoms with E-state index in [1.807, 2.05) is 0 Å². The van der Waals surface area contributed by atoms with Crippen LogP contribution in [0.2, 0.25) is 0 Å². The monoisotopic (exact) mass is 296 g/mol. The molecule has 1 aliphatic heterocycles. The Bertz CT molecular complexity index is 319. The van der Waals surface area contributed by atoms with E-state index in [1.165, 1.54) is 0 Å². The van der Waals surface area contributed by atoms with Crippen LogP contribution in [-0.2, 0) is 13.3 Å². The zero-order valence-electron chi connectivity index (χ0n) is 9.35. The highest BCUT2D eigenvalue weighted by Gasteiger charge is 2.75. The molecule has 106 valence electrons. The third-order valence-electron chi connectivity index (χ3n) is 2.53. The van der Waals surface area contributed by atoms with Gasteiger partial charge in [0.15, 0.2) is 0 Å². The van der Waals surface area contributed by atoms with Crippen molar-refractivity contribution in [3.63, 3.8) is 0 Å². The first-order chi connectivity index (χ1) is 8.04. The van der Waals surface area contributed by atoms with Gasteiger partial charge in [0.2, 0.25) is 0 Å². The summed E-state index contributed by atoms with van der Waals surface area (Å²) in [5.41, 5.74) is -3.30. The SMILES string of the molecule is CO[Si]1(OC)C=CCC(C(F)(F)F)(C(F)(F)F)O1. The van der Waals surface area contributed by atoms with Crippen molar-refractivity contribution in [2.45, 2.75) is 24.4 Å². The fourth-order valence-corrected chi connectivity index (χ4v) is 3.38. The van der Waals surface area contributed by atoms with E-state index in [9.17, 15) is 26.3 Å². The van der Waals surface area contributed by atoms with Gasteiger partial charge in [0, 0.05) is 20.6 Å². The molecular formula is C8H10F6O3Si. The summed E-state index contributed by atoms with van der Waals surface area (Å²) >= 11 is 0. The van der Waals surface area contributed by atoms with Crippen molar-refractivity contribution < 1.29 is 39.6 Å². The molecule has 0 bridgehead atoms. The van der Waals surface area contributed by atoms with Gasteiger partial charge in [-0.15, -0.1) is 0 Å². The fraction of sp³-hybridized carbons (Fsp3) is 0.750. The van der Waals surface area contributed by atoms with Gasteiger partial charge in [-0.2, -0.15) is 26.3 Å². The van der Waals surface area contributed by atoms with E-state index < -0.39 is 33.2 Å². The smallest absolute Gasteiger partial charge is 0.374 e. The molecule has 1 rings (SSSR count). The van der Waals surface area contributed by atoms with E-state index >= 15 is 0 Å². The van der Waals surface area contributed by atoms with Gasteiger partial charge in [-0.1, -0.05) is 6.08 Å². The normalized spacial score (nSPS) is 23.1. The summed E-state index contributed by atoms with van der Waals surface area (Å²) < 4.78 is 89.9. The van der Waals surface area contributed by atoms with Crippen LogP contribution in [0.5, 0.6) is 0 Å². The van der Waals surface area contributed by atoms with Crippen LogP contribution in [0.25, 0.3) is 0 Å². The number of hydrogen-bond donors (Lipinski definition) is 0.